The zero-order chi connectivity index (χ0) is 19.1. The molecule has 5 nitrogen and oxygen atoms in total. The number of methoxy groups -OCH3 is 2. The molecule has 0 bridgehead atoms. The van der Waals surface area contributed by atoms with Gasteiger partial charge >= 0.3 is 0 Å². The van der Waals surface area contributed by atoms with Crippen molar-refractivity contribution in [3.8, 4) is 5.75 Å². The van der Waals surface area contributed by atoms with Crippen LogP contribution in [-0.4, -0.2) is 26.7 Å². The zero-order valence-corrected chi connectivity index (χ0v) is 18.9. The SMILES string of the molecule is COCc1ccccc1NC(N)=NCC1(c2ccccc2OC)CCCC1.I. The lowest BCUT2D eigenvalue weighted by atomic mass is 9.78. The van der Waals surface area contributed by atoms with Crippen molar-refractivity contribution < 1.29 is 9.47 Å². The second kappa shape index (κ2) is 10.7. The smallest absolute Gasteiger partial charge is 0.193 e. The van der Waals surface area contributed by atoms with Gasteiger partial charge in [-0.05, 0) is 25.0 Å². The second-order valence-corrected chi connectivity index (χ2v) is 7.10. The minimum absolute atomic E-state index is 0. The maximum Gasteiger partial charge on any atom is 0.193 e. The maximum absolute atomic E-state index is 6.22. The van der Waals surface area contributed by atoms with Crippen LogP contribution in [0.5, 0.6) is 5.75 Å². The first kappa shape index (κ1) is 22.5. The first-order valence-electron chi connectivity index (χ1n) is 9.46. The molecule has 0 atom stereocenters. The highest BCUT2D eigenvalue weighted by Gasteiger charge is 2.37. The Hall–Kier alpha value is -1.80. The molecule has 3 N–H and O–H groups in total. The Labute approximate surface area is 184 Å². The Morgan fingerprint density at radius 3 is 2.46 bits per heavy atom. The average Bonchev–Trinajstić information content (AvgIpc) is 3.18. The molecule has 2 aromatic carbocycles. The number of nitrogens with one attached hydrogen (secondary N) is 1. The van der Waals surface area contributed by atoms with E-state index in [2.05, 4.69) is 17.4 Å². The van der Waals surface area contributed by atoms with Crippen molar-refractivity contribution in [3.63, 3.8) is 0 Å². The Morgan fingerprint density at radius 1 is 1.07 bits per heavy atom. The Balaban J connectivity index is 0.00000280. The van der Waals surface area contributed by atoms with E-state index in [0.29, 0.717) is 19.1 Å². The van der Waals surface area contributed by atoms with E-state index in [1.165, 1.54) is 18.4 Å². The average molecular weight is 495 g/mol. The number of guanidine groups is 1. The van der Waals surface area contributed by atoms with Crippen LogP contribution < -0.4 is 15.8 Å². The number of hydrogen-bond donors (Lipinski definition) is 2. The normalized spacial score (nSPS) is 15.7. The molecule has 1 saturated carbocycles. The summed E-state index contributed by atoms with van der Waals surface area (Å²) < 4.78 is 10.9. The van der Waals surface area contributed by atoms with Crippen LogP contribution in [0.3, 0.4) is 0 Å². The Kier molecular flexibility index (Phi) is 8.57. The van der Waals surface area contributed by atoms with Crippen molar-refractivity contribution in [1.29, 1.82) is 0 Å². The van der Waals surface area contributed by atoms with Gasteiger partial charge in [-0.25, -0.2) is 0 Å². The highest BCUT2D eigenvalue weighted by atomic mass is 127. The third-order valence-electron chi connectivity index (χ3n) is 5.37. The molecular weight excluding hydrogens is 465 g/mol. The van der Waals surface area contributed by atoms with Crippen LogP contribution in [0.4, 0.5) is 5.69 Å². The summed E-state index contributed by atoms with van der Waals surface area (Å²) in [7, 11) is 3.42. The van der Waals surface area contributed by atoms with Crippen molar-refractivity contribution in [2.75, 3.05) is 26.1 Å². The monoisotopic (exact) mass is 495 g/mol. The van der Waals surface area contributed by atoms with Gasteiger partial charge in [-0.3, -0.25) is 4.99 Å². The number of rotatable bonds is 7. The van der Waals surface area contributed by atoms with Crippen LogP contribution in [0.15, 0.2) is 53.5 Å². The second-order valence-electron chi connectivity index (χ2n) is 7.10. The lowest BCUT2D eigenvalue weighted by molar-refractivity contribution is 0.185. The standard InChI is InChI=1S/C22H29N3O2.HI/c1-26-15-17-9-3-5-11-19(17)25-21(23)24-16-22(13-7-8-14-22)18-10-4-6-12-20(18)27-2;/h3-6,9-12H,7-8,13-16H2,1-2H3,(H3,23,24,25);1H. The summed E-state index contributed by atoms with van der Waals surface area (Å²) in [5.74, 6) is 1.37. The fraction of sp³-hybridized carbons (Fsp3) is 0.409. The summed E-state index contributed by atoms with van der Waals surface area (Å²) in [6.45, 7) is 1.18. The number of hydrogen-bond acceptors (Lipinski definition) is 3. The molecule has 0 saturated heterocycles. The van der Waals surface area contributed by atoms with E-state index >= 15 is 0 Å². The highest BCUT2D eigenvalue weighted by molar-refractivity contribution is 14.0. The molecular formula is C22H30IN3O2. The van der Waals surface area contributed by atoms with Crippen molar-refractivity contribution in [3.05, 3.63) is 59.7 Å². The Morgan fingerprint density at radius 2 is 1.75 bits per heavy atom. The molecule has 1 aliphatic rings. The summed E-state index contributed by atoms with van der Waals surface area (Å²) >= 11 is 0. The summed E-state index contributed by atoms with van der Waals surface area (Å²) in [6, 6.07) is 16.2. The van der Waals surface area contributed by atoms with Crippen LogP contribution in [0.2, 0.25) is 0 Å². The molecule has 28 heavy (non-hydrogen) atoms. The number of anilines is 1. The molecule has 3 rings (SSSR count). The van der Waals surface area contributed by atoms with E-state index in [9.17, 15) is 0 Å². The number of halogens is 1. The minimum atomic E-state index is -0.00898. The number of ether oxygens (including phenoxy) is 2. The van der Waals surface area contributed by atoms with Gasteiger partial charge < -0.3 is 20.5 Å². The fourth-order valence-corrected chi connectivity index (χ4v) is 3.98. The molecule has 0 aliphatic heterocycles. The van der Waals surface area contributed by atoms with Gasteiger partial charge in [0.25, 0.3) is 0 Å². The molecule has 152 valence electrons. The number of aliphatic imine (C=N–C) groups is 1. The summed E-state index contributed by atoms with van der Waals surface area (Å²) in [5, 5.41) is 3.23. The quantitative estimate of drug-likeness (QED) is 0.332. The predicted octanol–water partition coefficient (Wildman–Crippen LogP) is 4.70. The minimum Gasteiger partial charge on any atom is -0.496 e. The fourth-order valence-electron chi connectivity index (χ4n) is 3.98. The van der Waals surface area contributed by atoms with Crippen molar-refractivity contribution in [1.82, 2.24) is 0 Å². The Bertz CT molecular complexity index is 789. The largest absolute Gasteiger partial charge is 0.496 e. The molecule has 0 amide bonds. The van der Waals surface area contributed by atoms with Gasteiger partial charge in [-0.15, -0.1) is 24.0 Å². The molecule has 1 aliphatic carbocycles. The van der Waals surface area contributed by atoms with Gasteiger partial charge in [0.1, 0.15) is 5.75 Å². The van der Waals surface area contributed by atoms with E-state index in [4.69, 9.17) is 20.2 Å². The van der Waals surface area contributed by atoms with E-state index in [1.807, 2.05) is 36.4 Å². The molecule has 0 heterocycles. The van der Waals surface area contributed by atoms with E-state index in [0.717, 1.165) is 29.8 Å². The zero-order valence-electron chi connectivity index (χ0n) is 16.6. The highest BCUT2D eigenvalue weighted by Crippen LogP contribution is 2.44. The van der Waals surface area contributed by atoms with Crippen LogP contribution in [0.1, 0.15) is 36.8 Å². The number of benzene rings is 2. The number of para-hydroxylation sites is 2. The van der Waals surface area contributed by atoms with E-state index in [-0.39, 0.29) is 29.4 Å². The van der Waals surface area contributed by atoms with Crippen molar-refractivity contribution in [2.24, 2.45) is 10.7 Å². The van der Waals surface area contributed by atoms with Crippen LogP contribution >= 0.6 is 24.0 Å². The van der Waals surface area contributed by atoms with Gasteiger partial charge in [0.2, 0.25) is 0 Å². The van der Waals surface area contributed by atoms with Gasteiger partial charge in [-0.1, -0.05) is 49.2 Å². The first-order chi connectivity index (χ1) is 13.2. The van der Waals surface area contributed by atoms with Crippen LogP contribution in [0.25, 0.3) is 0 Å². The molecule has 0 spiro atoms. The summed E-state index contributed by atoms with van der Waals surface area (Å²) in [6.07, 6.45) is 4.62. The summed E-state index contributed by atoms with van der Waals surface area (Å²) in [5.41, 5.74) is 9.43. The molecule has 0 unspecified atom stereocenters. The van der Waals surface area contributed by atoms with Crippen molar-refractivity contribution in [2.45, 2.75) is 37.7 Å². The number of nitrogens with two attached hydrogens (primary N) is 1. The van der Waals surface area contributed by atoms with E-state index < -0.39 is 0 Å². The molecule has 0 aromatic heterocycles. The van der Waals surface area contributed by atoms with E-state index in [1.54, 1.807) is 14.2 Å². The van der Waals surface area contributed by atoms with Gasteiger partial charge in [0.05, 0.1) is 20.3 Å². The van der Waals surface area contributed by atoms with Gasteiger partial charge in [0.15, 0.2) is 5.96 Å². The van der Waals surface area contributed by atoms with Crippen molar-refractivity contribution >= 4 is 35.6 Å². The summed E-state index contributed by atoms with van der Waals surface area (Å²) in [4.78, 5) is 4.71. The molecule has 1 fully saturated rings. The van der Waals surface area contributed by atoms with Gasteiger partial charge in [0, 0.05) is 29.3 Å². The number of nitrogens with zero attached hydrogens (tertiary/aromatic N) is 1. The lowest BCUT2D eigenvalue weighted by Crippen LogP contribution is -2.30. The topological polar surface area (TPSA) is 68.9 Å². The molecule has 2 aromatic rings. The first-order valence-corrected chi connectivity index (χ1v) is 9.46. The maximum atomic E-state index is 6.22. The molecule has 0 radical (unpaired) electrons. The predicted molar refractivity (Wildman–Crippen MR) is 126 cm³/mol. The van der Waals surface area contributed by atoms with Crippen LogP contribution in [-0.2, 0) is 16.8 Å². The third-order valence-corrected chi connectivity index (χ3v) is 5.37. The molecule has 6 heteroatoms. The van der Waals surface area contributed by atoms with Crippen LogP contribution in [0, 0.1) is 0 Å². The third kappa shape index (κ3) is 5.17. The lowest BCUT2D eigenvalue weighted by Gasteiger charge is -2.29. The van der Waals surface area contributed by atoms with Gasteiger partial charge in [-0.2, -0.15) is 0 Å².